The van der Waals surface area contributed by atoms with Crippen molar-refractivity contribution in [3.8, 4) is 0 Å². The van der Waals surface area contributed by atoms with Gasteiger partial charge in [-0.3, -0.25) is 4.79 Å². The molecule has 2 saturated heterocycles. The Morgan fingerprint density at radius 1 is 1.33 bits per heavy atom. The van der Waals surface area contributed by atoms with Crippen LogP contribution in [0.5, 0.6) is 0 Å². The zero-order chi connectivity index (χ0) is 16.9. The summed E-state index contributed by atoms with van der Waals surface area (Å²) in [6, 6.07) is 5.73. The highest BCUT2D eigenvalue weighted by Crippen LogP contribution is 2.45. The van der Waals surface area contributed by atoms with Gasteiger partial charge in [-0.05, 0) is 31.0 Å². The van der Waals surface area contributed by atoms with Crippen molar-refractivity contribution < 1.29 is 14.3 Å². The average Bonchev–Trinajstić information content (AvgIpc) is 3.09. The molecule has 0 aliphatic carbocycles. The van der Waals surface area contributed by atoms with E-state index in [1.165, 1.54) is 12.1 Å². The van der Waals surface area contributed by atoms with Gasteiger partial charge < -0.3 is 14.6 Å². The number of piperidine rings is 1. The molecule has 1 aromatic carbocycles. The minimum Gasteiger partial charge on any atom is -0.382 e. The summed E-state index contributed by atoms with van der Waals surface area (Å²) in [6.45, 7) is 0. The first-order chi connectivity index (χ1) is 11.5. The van der Waals surface area contributed by atoms with Gasteiger partial charge in [0, 0.05) is 49.9 Å². The van der Waals surface area contributed by atoms with Crippen LogP contribution in [0.4, 0.5) is 4.39 Å². The first kappa shape index (κ1) is 15.3. The number of fused-ring (bicyclic) bond motifs is 2. The molecule has 3 heterocycles. The number of rotatable bonds is 2. The smallest absolute Gasteiger partial charge is 0.254 e. The minimum absolute atomic E-state index is 0.0405. The third kappa shape index (κ3) is 2.33. The zero-order valence-corrected chi connectivity index (χ0v) is 13.5. The van der Waals surface area contributed by atoms with Crippen molar-refractivity contribution in [1.29, 1.82) is 0 Å². The predicted molar refractivity (Wildman–Crippen MR) is 85.7 cm³/mol. The van der Waals surface area contributed by atoms with Gasteiger partial charge in [0.2, 0.25) is 0 Å². The molecule has 2 bridgehead atoms. The number of carbonyl (C=O) groups excluding carboxylic acids is 1. The molecule has 1 aromatic heterocycles. The van der Waals surface area contributed by atoms with Crippen molar-refractivity contribution in [3.63, 3.8) is 0 Å². The summed E-state index contributed by atoms with van der Waals surface area (Å²) in [5.74, 6) is 0.0934. The number of aromatic nitrogens is 2. The molecule has 126 valence electrons. The number of imidazole rings is 1. The number of hydrogen-bond acceptors (Lipinski definition) is 3. The van der Waals surface area contributed by atoms with Gasteiger partial charge in [0.15, 0.2) is 0 Å². The largest absolute Gasteiger partial charge is 0.382 e. The highest BCUT2D eigenvalue weighted by atomic mass is 19.1. The molecule has 2 aliphatic heterocycles. The first-order valence-corrected chi connectivity index (χ1v) is 8.26. The maximum Gasteiger partial charge on any atom is 0.254 e. The molecule has 6 heteroatoms. The lowest BCUT2D eigenvalue weighted by molar-refractivity contribution is -0.0555. The van der Waals surface area contributed by atoms with Crippen LogP contribution < -0.4 is 0 Å². The Labute approximate surface area is 139 Å². The Hall–Kier alpha value is -2.21. The maximum absolute atomic E-state index is 13.4. The number of halogens is 1. The fourth-order valence-corrected chi connectivity index (χ4v) is 4.32. The average molecular weight is 329 g/mol. The maximum atomic E-state index is 13.4. The van der Waals surface area contributed by atoms with Crippen LogP contribution in [-0.4, -0.2) is 37.5 Å². The summed E-state index contributed by atoms with van der Waals surface area (Å²) in [5.41, 5.74) is -0.641. The summed E-state index contributed by atoms with van der Waals surface area (Å²) >= 11 is 0. The molecule has 1 amide bonds. The van der Waals surface area contributed by atoms with Gasteiger partial charge in [0.1, 0.15) is 17.2 Å². The molecule has 4 rings (SSSR count). The quantitative estimate of drug-likeness (QED) is 0.919. The summed E-state index contributed by atoms with van der Waals surface area (Å²) in [5, 5.41) is 11.1. The summed E-state index contributed by atoms with van der Waals surface area (Å²) in [4.78, 5) is 19.0. The van der Waals surface area contributed by atoms with Crippen LogP contribution >= 0.6 is 0 Å². The number of aliphatic hydroxyl groups is 1. The number of aryl methyl sites for hydroxylation is 1. The molecule has 2 unspecified atom stereocenters. The van der Waals surface area contributed by atoms with E-state index in [9.17, 15) is 14.3 Å². The predicted octanol–water partition coefficient (Wildman–Crippen LogP) is 2.21. The van der Waals surface area contributed by atoms with Gasteiger partial charge in [-0.1, -0.05) is 6.07 Å². The fraction of sp³-hybridized carbons (Fsp3) is 0.444. The Kier molecular flexibility index (Phi) is 3.46. The second-order valence-electron chi connectivity index (χ2n) is 6.91. The second-order valence-corrected chi connectivity index (χ2v) is 6.91. The lowest BCUT2D eigenvalue weighted by Crippen LogP contribution is -2.52. The van der Waals surface area contributed by atoms with Crippen molar-refractivity contribution >= 4 is 5.91 Å². The topological polar surface area (TPSA) is 58.4 Å². The van der Waals surface area contributed by atoms with Crippen LogP contribution in [-0.2, 0) is 12.6 Å². The molecule has 5 nitrogen and oxygen atoms in total. The number of carbonyl (C=O) groups is 1. The van der Waals surface area contributed by atoms with Crippen LogP contribution in [0.25, 0.3) is 0 Å². The van der Waals surface area contributed by atoms with E-state index >= 15 is 0 Å². The van der Waals surface area contributed by atoms with E-state index in [2.05, 4.69) is 4.98 Å². The van der Waals surface area contributed by atoms with E-state index in [0.717, 1.165) is 12.8 Å². The molecule has 2 aliphatic rings. The molecule has 0 spiro atoms. The first-order valence-electron chi connectivity index (χ1n) is 8.26. The molecule has 24 heavy (non-hydrogen) atoms. The van der Waals surface area contributed by atoms with Gasteiger partial charge in [-0.25, -0.2) is 9.37 Å². The third-order valence-corrected chi connectivity index (χ3v) is 5.31. The van der Waals surface area contributed by atoms with Crippen LogP contribution in [0.3, 0.4) is 0 Å². The number of nitrogens with zero attached hydrogens (tertiary/aromatic N) is 3. The molecule has 2 atom stereocenters. The van der Waals surface area contributed by atoms with Gasteiger partial charge in [0.05, 0.1) is 0 Å². The van der Waals surface area contributed by atoms with Crippen LogP contribution in [0.1, 0.15) is 41.9 Å². The fourth-order valence-electron chi connectivity index (χ4n) is 4.32. The Morgan fingerprint density at radius 2 is 2.04 bits per heavy atom. The van der Waals surface area contributed by atoms with Gasteiger partial charge in [0.25, 0.3) is 5.91 Å². The monoisotopic (exact) mass is 329 g/mol. The summed E-state index contributed by atoms with van der Waals surface area (Å²) in [7, 11) is 1.87. The van der Waals surface area contributed by atoms with Crippen molar-refractivity contribution in [1.82, 2.24) is 14.5 Å². The van der Waals surface area contributed by atoms with E-state index in [-0.39, 0.29) is 18.0 Å². The Bertz CT molecular complexity index is 774. The second kappa shape index (κ2) is 5.41. The molecular weight excluding hydrogens is 309 g/mol. The highest BCUT2D eigenvalue weighted by Gasteiger charge is 2.51. The molecule has 0 saturated carbocycles. The third-order valence-electron chi connectivity index (χ3n) is 5.31. The van der Waals surface area contributed by atoms with E-state index in [4.69, 9.17) is 0 Å². The summed E-state index contributed by atoms with van der Waals surface area (Å²) < 4.78 is 15.3. The standard InChI is InChI=1S/C18H20FN3O2/c1-21-8-7-20-17(21)18(24)10-14-5-6-15(11-18)22(14)16(23)12-3-2-4-13(19)9-12/h2-4,7-9,14-15,24H,5-6,10-11H2,1H3. The van der Waals surface area contributed by atoms with Gasteiger partial charge >= 0.3 is 0 Å². The lowest BCUT2D eigenvalue weighted by atomic mass is 9.85. The van der Waals surface area contributed by atoms with Crippen LogP contribution in [0.2, 0.25) is 0 Å². The van der Waals surface area contributed by atoms with Crippen LogP contribution in [0, 0.1) is 5.82 Å². The molecule has 2 aromatic rings. The van der Waals surface area contributed by atoms with Gasteiger partial charge in [-0.2, -0.15) is 0 Å². The molecule has 1 N–H and O–H groups in total. The highest BCUT2D eigenvalue weighted by molar-refractivity contribution is 5.95. The normalized spacial score (nSPS) is 29.0. The molecule has 0 radical (unpaired) electrons. The van der Waals surface area contributed by atoms with Crippen molar-refractivity contribution in [2.24, 2.45) is 7.05 Å². The van der Waals surface area contributed by atoms with E-state index < -0.39 is 11.4 Å². The number of amides is 1. The van der Waals surface area contributed by atoms with Gasteiger partial charge in [-0.15, -0.1) is 0 Å². The SMILES string of the molecule is Cn1ccnc1C1(O)CC2CCC(C1)N2C(=O)c1cccc(F)c1. The van der Waals surface area contributed by atoms with Crippen molar-refractivity contribution in [3.05, 3.63) is 53.9 Å². The number of benzene rings is 1. The van der Waals surface area contributed by atoms with Crippen LogP contribution in [0.15, 0.2) is 36.7 Å². The lowest BCUT2D eigenvalue weighted by Gasteiger charge is -2.43. The van der Waals surface area contributed by atoms with E-state index in [0.29, 0.717) is 24.2 Å². The number of hydrogen-bond donors (Lipinski definition) is 1. The van der Waals surface area contributed by atoms with Crippen molar-refractivity contribution in [2.75, 3.05) is 0 Å². The Morgan fingerprint density at radius 3 is 2.62 bits per heavy atom. The minimum atomic E-state index is -1.01. The Balaban J connectivity index is 1.62. The van der Waals surface area contributed by atoms with Crippen molar-refractivity contribution in [2.45, 2.75) is 43.4 Å². The van der Waals surface area contributed by atoms with E-state index in [1.807, 2.05) is 22.7 Å². The van der Waals surface area contributed by atoms with E-state index in [1.54, 1.807) is 18.3 Å². The molecular formula is C18H20FN3O2. The zero-order valence-electron chi connectivity index (χ0n) is 13.5. The summed E-state index contributed by atoms with van der Waals surface area (Å²) in [6.07, 6.45) is 6.15. The molecule has 2 fully saturated rings.